The molecule has 0 saturated heterocycles. The Morgan fingerprint density at radius 3 is 2.57 bits per heavy atom. The number of nitrogens with one attached hydrogen (secondary N) is 2. The van der Waals surface area contributed by atoms with Crippen molar-refractivity contribution in [2.75, 3.05) is 11.9 Å². The van der Waals surface area contributed by atoms with Gasteiger partial charge in [-0.15, -0.1) is 0 Å². The molecule has 4 nitrogen and oxygen atoms in total. The van der Waals surface area contributed by atoms with Gasteiger partial charge >= 0.3 is 0 Å². The van der Waals surface area contributed by atoms with Crippen LogP contribution in [0, 0.1) is 0 Å². The number of halogens is 1. The molecular weight excluding hydrogens is 310 g/mol. The molecule has 118 valence electrons. The second kappa shape index (κ2) is 8.76. The zero-order chi connectivity index (χ0) is 16.5. The molecule has 0 heterocycles. The quantitative estimate of drug-likeness (QED) is 0.623. The zero-order valence-electron chi connectivity index (χ0n) is 12.8. The van der Waals surface area contributed by atoms with E-state index in [1.165, 1.54) is 0 Å². The van der Waals surface area contributed by atoms with E-state index >= 15 is 0 Å². The SMILES string of the molecule is CC(/C=C\c1ccccc1)=N/NC(=O)CNc1ccccc1Cl. The molecule has 0 atom stereocenters. The molecule has 5 heteroatoms. The Hall–Kier alpha value is -2.59. The molecular formula is C18H18ClN3O. The molecule has 0 unspecified atom stereocenters. The van der Waals surface area contributed by atoms with Crippen molar-refractivity contribution in [1.29, 1.82) is 0 Å². The van der Waals surface area contributed by atoms with Gasteiger partial charge in [0.2, 0.25) is 0 Å². The van der Waals surface area contributed by atoms with E-state index < -0.39 is 0 Å². The third-order valence-electron chi connectivity index (χ3n) is 2.99. The van der Waals surface area contributed by atoms with E-state index in [9.17, 15) is 4.79 Å². The smallest absolute Gasteiger partial charge is 0.259 e. The Balaban J connectivity index is 1.81. The molecule has 1 amide bonds. The summed E-state index contributed by atoms with van der Waals surface area (Å²) in [5.41, 5.74) is 5.00. The Morgan fingerprint density at radius 2 is 1.83 bits per heavy atom. The predicted octanol–water partition coefficient (Wildman–Crippen LogP) is 3.96. The number of carbonyl (C=O) groups is 1. The molecule has 0 spiro atoms. The number of hydrogen-bond acceptors (Lipinski definition) is 3. The summed E-state index contributed by atoms with van der Waals surface area (Å²) in [6.45, 7) is 1.92. The maximum atomic E-state index is 11.8. The summed E-state index contributed by atoms with van der Waals surface area (Å²) in [5, 5.41) is 7.57. The first-order chi connectivity index (χ1) is 11.1. The lowest BCUT2D eigenvalue weighted by molar-refractivity contribution is -0.119. The number of para-hydroxylation sites is 1. The number of allylic oxidation sites excluding steroid dienone is 1. The lowest BCUT2D eigenvalue weighted by Gasteiger charge is -2.06. The fourth-order valence-corrected chi connectivity index (χ4v) is 1.99. The maximum absolute atomic E-state index is 11.8. The fourth-order valence-electron chi connectivity index (χ4n) is 1.79. The van der Waals surface area contributed by atoms with E-state index in [1.54, 1.807) is 6.07 Å². The lowest BCUT2D eigenvalue weighted by Crippen LogP contribution is -2.26. The van der Waals surface area contributed by atoms with Crippen LogP contribution in [0.4, 0.5) is 5.69 Å². The first-order valence-electron chi connectivity index (χ1n) is 7.20. The van der Waals surface area contributed by atoms with Crippen LogP contribution in [0.25, 0.3) is 6.08 Å². The normalized spacial score (nSPS) is 11.5. The van der Waals surface area contributed by atoms with E-state index in [-0.39, 0.29) is 12.5 Å². The molecule has 0 aliphatic carbocycles. The van der Waals surface area contributed by atoms with Gasteiger partial charge < -0.3 is 5.32 Å². The summed E-state index contributed by atoms with van der Waals surface area (Å²) < 4.78 is 0. The van der Waals surface area contributed by atoms with Crippen LogP contribution in [0.5, 0.6) is 0 Å². The molecule has 0 fully saturated rings. The number of hydrogen-bond donors (Lipinski definition) is 2. The molecule has 2 N–H and O–H groups in total. The highest BCUT2D eigenvalue weighted by Crippen LogP contribution is 2.19. The topological polar surface area (TPSA) is 53.5 Å². The zero-order valence-corrected chi connectivity index (χ0v) is 13.5. The van der Waals surface area contributed by atoms with Crippen LogP contribution in [-0.4, -0.2) is 18.2 Å². The van der Waals surface area contributed by atoms with E-state index in [2.05, 4.69) is 15.8 Å². The van der Waals surface area contributed by atoms with Gasteiger partial charge in [-0.25, -0.2) is 5.43 Å². The Labute approximate surface area is 140 Å². The Morgan fingerprint density at radius 1 is 1.13 bits per heavy atom. The highest BCUT2D eigenvalue weighted by Gasteiger charge is 2.02. The van der Waals surface area contributed by atoms with Gasteiger partial charge in [0.05, 0.1) is 23.0 Å². The third-order valence-corrected chi connectivity index (χ3v) is 3.32. The van der Waals surface area contributed by atoms with Gasteiger partial charge in [0.25, 0.3) is 5.91 Å². The molecule has 23 heavy (non-hydrogen) atoms. The minimum Gasteiger partial charge on any atom is -0.375 e. The molecule has 0 aliphatic heterocycles. The molecule has 0 saturated carbocycles. The molecule has 0 bridgehead atoms. The van der Waals surface area contributed by atoms with Crippen LogP contribution >= 0.6 is 11.6 Å². The van der Waals surface area contributed by atoms with Crippen molar-refractivity contribution < 1.29 is 4.79 Å². The summed E-state index contributed by atoms with van der Waals surface area (Å²) in [5.74, 6) is -0.239. The van der Waals surface area contributed by atoms with Crippen LogP contribution in [0.1, 0.15) is 12.5 Å². The molecule has 0 aromatic heterocycles. The Bertz CT molecular complexity index is 711. The summed E-state index contributed by atoms with van der Waals surface area (Å²) in [6, 6.07) is 17.1. The van der Waals surface area contributed by atoms with Crippen molar-refractivity contribution in [3.05, 3.63) is 71.3 Å². The van der Waals surface area contributed by atoms with Gasteiger partial charge in [-0.1, -0.05) is 60.1 Å². The Kier molecular flexibility index (Phi) is 6.39. The van der Waals surface area contributed by atoms with E-state index in [1.807, 2.05) is 67.6 Å². The van der Waals surface area contributed by atoms with E-state index in [0.717, 1.165) is 5.56 Å². The monoisotopic (exact) mass is 327 g/mol. The van der Waals surface area contributed by atoms with Crippen LogP contribution in [-0.2, 0) is 4.79 Å². The average molecular weight is 328 g/mol. The maximum Gasteiger partial charge on any atom is 0.259 e. The highest BCUT2D eigenvalue weighted by molar-refractivity contribution is 6.33. The summed E-state index contributed by atoms with van der Waals surface area (Å²) >= 11 is 6.00. The summed E-state index contributed by atoms with van der Waals surface area (Å²) in [6.07, 6.45) is 3.78. The number of carbonyl (C=O) groups excluding carboxylic acids is 1. The summed E-state index contributed by atoms with van der Waals surface area (Å²) in [4.78, 5) is 11.8. The lowest BCUT2D eigenvalue weighted by atomic mass is 10.2. The van der Waals surface area contributed by atoms with Crippen LogP contribution < -0.4 is 10.7 Å². The van der Waals surface area contributed by atoms with Crippen LogP contribution in [0.3, 0.4) is 0 Å². The number of amides is 1. The van der Waals surface area contributed by atoms with E-state index in [4.69, 9.17) is 11.6 Å². The minimum atomic E-state index is -0.239. The fraction of sp³-hybridized carbons (Fsp3) is 0.111. The number of rotatable bonds is 6. The average Bonchev–Trinajstić information content (AvgIpc) is 2.58. The van der Waals surface area contributed by atoms with Gasteiger partial charge in [0.15, 0.2) is 0 Å². The second-order valence-electron chi connectivity index (χ2n) is 4.87. The molecule has 2 rings (SSSR count). The second-order valence-corrected chi connectivity index (χ2v) is 5.27. The standard InChI is InChI=1S/C18H18ClN3O/c1-14(11-12-15-7-3-2-4-8-15)21-22-18(23)13-20-17-10-6-5-9-16(17)19/h2-12,20H,13H2,1H3,(H,22,23)/b12-11-,21-14-. The van der Waals surface area contributed by atoms with Crippen molar-refractivity contribution in [3.63, 3.8) is 0 Å². The molecule has 2 aromatic rings. The van der Waals surface area contributed by atoms with E-state index in [0.29, 0.717) is 16.4 Å². The van der Waals surface area contributed by atoms with Crippen molar-refractivity contribution in [2.24, 2.45) is 5.10 Å². The largest absolute Gasteiger partial charge is 0.375 e. The minimum absolute atomic E-state index is 0.100. The van der Waals surface area contributed by atoms with Crippen molar-refractivity contribution >= 4 is 35.0 Å². The molecule has 0 radical (unpaired) electrons. The number of hydrazone groups is 1. The number of benzene rings is 2. The number of anilines is 1. The van der Waals surface area contributed by atoms with Crippen molar-refractivity contribution in [2.45, 2.75) is 6.92 Å². The van der Waals surface area contributed by atoms with Gasteiger partial charge in [-0.2, -0.15) is 5.10 Å². The van der Waals surface area contributed by atoms with Gasteiger partial charge in [-0.05, 0) is 30.7 Å². The first kappa shape index (κ1) is 16.8. The van der Waals surface area contributed by atoms with Crippen LogP contribution in [0.15, 0.2) is 65.8 Å². The summed E-state index contributed by atoms with van der Waals surface area (Å²) in [7, 11) is 0. The molecule has 0 aliphatic rings. The number of nitrogens with zero attached hydrogens (tertiary/aromatic N) is 1. The van der Waals surface area contributed by atoms with Crippen molar-refractivity contribution in [1.82, 2.24) is 5.43 Å². The van der Waals surface area contributed by atoms with Gasteiger partial charge in [-0.3, -0.25) is 4.79 Å². The van der Waals surface area contributed by atoms with Crippen LogP contribution in [0.2, 0.25) is 5.02 Å². The van der Waals surface area contributed by atoms with Gasteiger partial charge in [0.1, 0.15) is 0 Å². The van der Waals surface area contributed by atoms with Gasteiger partial charge in [0, 0.05) is 0 Å². The van der Waals surface area contributed by atoms with Crippen molar-refractivity contribution in [3.8, 4) is 0 Å². The highest BCUT2D eigenvalue weighted by atomic mass is 35.5. The predicted molar refractivity (Wildman–Crippen MR) is 96.7 cm³/mol. The molecule has 2 aromatic carbocycles. The third kappa shape index (κ3) is 5.96. The first-order valence-corrected chi connectivity index (χ1v) is 7.57.